The smallest absolute Gasteiger partial charge is 0.255 e. The van der Waals surface area contributed by atoms with Crippen LogP contribution in [0.1, 0.15) is 31.1 Å². The molecule has 0 aliphatic carbocycles. The van der Waals surface area contributed by atoms with Gasteiger partial charge in [0.1, 0.15) is 0 Å². The van der Waals surface area contributed by atoms with Crippen LogP contribution in [0, 0.1) is 2.88 Å². The van der Waals surface area contributed by atoms with E-state index in [0.717, 1.165) is 2.88 Å². The van der Waals surface area contributed by atoms with Gasteiger partial charge in [-0.25, -0.2) is 0 Å². The lowest BCUT2D eigenvalue weighted by Crippen LogP contribution is -2.42. The molecule has 0 unspecified atom stereocenters. The first kappa shape index (κ1) is 15.4. The van der Waals surface area contributed by atoms with Crippen molar-refractivity contribution in [1.82, 2.24) is 10.2 Å². The van der Waals surface area contributed by atoms with Crippen LogP contribution >= 0.6 is 33.9 Å². The van der Waals surface area contributed by atoms with E-state index < -0.39 is 0 Å². The molecule has 0 bridgehead atoms. The zero-order valence-electron chi connectivity index (χ0n) is 10.7. The van der Waals surface area contributed by atoms with Crippen LogP contribution < -0.4 is 5.32 Å². The molecule has 6 heteroatoms. The zero-order chi connectivity index (χ0) is 13.7. The molecule has 0 atom stereocenters. The van der Waals surface area contributed by atoms with Gasteiger partial charge >= 0.3 is 0 Å². The molecule has 0 aromatic carbocycles. The van der Waals surface area contributed by atoms with E-state index >= 15 is 0 Å². The normalized spacial score (nSPS) is 10.5. The van der Waals surface area contributed by atoms with Crippen LogP contribution in [-0.2, 0) is 4.79 Å². The highest BCUT2D eigenvalue weighted by atomic mass is 127. The first-order valence-electron chi connectivity index (χ1n) is 5.76. The number of rotatable bonds is 5. The van der Waals surface area contributed by atoms with Gasteiger partial charge < -0.3 is 10.2 Å². The summed E-state index contributed by atoms with van der Waals surface area (Å²) in [5.74, 6) is -0.208. The fourth-order valence-corrected chi connectivity index (χ4v) is 2.79. The van der Waals surface area contributed by atoms with Gasteiger partial charge in [0.25, 0.3) is 5.91 Å². The second-order valence-corrected chi connectivity index (χ2v) is 6.99. The Bertz CT molecular complexity index is 431. The van der Waals surface area contributed by atoms with Crippen molar-refractivity contribution < 1.29 is 9.59 Å². The second kappa shape index (κ2) is 7.08. The molecule has 1 rings (SSSR count). The van der Waals surface area contributed by atoms with E-state index in [1.807, 2.05) is 32.2 Å². The van der Waals surface area contributed by atoms with Gasteiger partial charge in [-0.05, 0) is 49.4 Å². The van der Waals surface area contributed by atoms with E-state index in [0.29, 0.717) is 12.1 Å². The maximum atomic E-state index is 12.2. The number of carbonyl (C=O) groups is 2. The van der Waals surface area contributed by atoms with Crippen LogP contribution in [0.2, 0.25) is 0 Å². The van der Waals surface area contributed by atoms with Crippen LogP contribution in [-0.4, -0.2) is 35.8 Å². The molecule has 2 amide bonds. The van der Waals surface area contributed by atoms with Crippen molar-refractivity contribution in [3.05, 3.63) is 19.9 Å². The molecule has 1 heterocycles. The summed E-state index contributed by atoms with van der Waals surface area (Å²) < 4.78 is 1.07. The van der Waals surface area contributed by atoms with E-state index in [4.69, 9.17) is 0 Å². The van der Waals surface area contributed by atoms with E-state index in [2.05, 4.69) is 27.9 Å². The van der Waals surface area contributed by atoms with Crippen molar-refractivity contribution in [2.24, 2.45) is 0 Å². The number of nitrogens with zero attached hydrogens (tertiary/aromatic N) is 1. The summed E-state index contributed by atoms with van der Waals surface area (Å²) in [5, 5.41) is 4.61. The van der Waals surface area contributed by atoms with Gasteiger partial charge in [0.2, 0.25) is 5.91 Å². The number of amides is 2. The Morgan fingerprint density at radius 1 is 1.50 bits per heavy atom. The molecule has 0 spiro atoms. The van der Waals surface area contributed by atoms with Gasteiger partial charge in [-0.3, -0.25) is 9.59 Å². The standard InChI is InChI=1S/C12H17IN2O2S/c1-4-15(6-11(16)14-8(2)3)12(17)9-5-10(13)18-7-9/h5,7-8H,4,6H2,1-3H3,(H,14,16). The largest absolute Gasteiger partial charge is 0.352 e. The monoisotopic (exact) mass is 380 g/mol. The number of hydrogen-bond acceptors (Lipinski definition) is 3. The van der Waals surface area contributed by atoms with Crippen LogP contribution in [0.25, 0.3) is 0 Å². The van der Waals surface area contributed by atoms with Crippen molar-refractivity contribution >= 4 is 45.7 Å². The van der Waals surface area contributed by atoms with E-state index in [1.54, 1.807) is 4.90 Å². The number of carbonyl (C=O) groups excluding carboxylic acids is 2. The van der Waals surface area contributed by atoms with E-state index in [-0.39, 0.29) is 24.4 Å². The summed E-state index contributed by atoms with van der Waals surface area (Å²) >= 11 is 3.71. The molecular weight excluding hydrogens is 363 g/mol. The first-order valence-corrected chi connectivity index (χ1v) is 7.72. The van der Waals surface area contributed by atoms with Crippen molar-refractivity contribution in [2.75, 3.05) is 13.1 Å². The third-order valence-corrected chi connectivity index (χ3v) is 4.06. The Labute approximate surface area is 125 Å². The highest BCUT2D eigenvalue weighted by Gasteiger charge is 2.18. The van der Waals surface area contributed by atoms with Gasteiger partial charge in [0.05, 0.1) is 15.0 Å². The van der Waals surface area contributed by atoms with Gasteiger partial charge in [-0.15, -0.1) is 11.3 Å². The summed E-state index contributed by atoms with van der Waals surface area (Å²) in [6, 6.07) is 1.93. The molecule has 100 valence electrons. The van der Waals surface area contributed by atoms with Gasteiger partial charge in [0, 0.05) is 18.0 Å². The molecular formula is C12H17IN2O2S. The number of halogens is 1. The number of hydrogen-bond donors (Lipinski definition) is 1. The predicted octanol–water partition coefficient (Wildman–Crippen LogP) is 2.34. The molecule has 18 heavy (non-hydrogen) atoms. The molecule has 0 saturated heterocycles. The first-order chi connectivity index (χ1) is 8.43. The summed E-state index contributed by atoms with van der Waals surface area (Å²) in [6.45, 7) is 6.31. The lowest BCUT2D eigenvalue weighted by Gasteiger charge is -2.20. The third kappa shape index (κ3) is 4.56. The van der Waals surface area contributed by atoms with Crippen molar-refractivity contribution in [1.29, 1.82) is 0 Å². The minimum absolute atomic E-state index is 0.0874. The molecule has 1 N–H and O–H groups in total. The molecule has 4 nitrogen and oxygen atoms in total. The van der Waals surface area contributed by atoms with Gasteiger partial charge in [0.15, 0.2) is 0 Å². The minimum Gasteiger partial charge on any atom is -0.352 e. The highest BCUT2D eigenvalue weighted by molar-refractivity contribution is 14.1. The number of likely N-dealkylation sites (N-methyl/N-ethyl adjacent to an activating group) is 1. The van der Waals surface area contributed by atoms with Crippen LogP contribution in [0.5, 0.6) is 0 Å². The van der Waals surface area contributed by atoms with Gasteiger partial charge in [-0.2, -0.15) is 0 Å². The Morgan fingerprint density at radius 3 is 2.61 bits per heavy atom. The average molecular weight is 380 g/mol. The molecule has 0 fully saturated rings. The topological polar surface area (TPSA) is 49.4 Å². The molecule has 0 saturated carbocycles. The average Bonchev–Trinajstić information content (AvgIpc) is 2.70. The Kier molecular flexibility index (Phi) is 6.07. The lowest BCUT2D eigenvalue weighted by molar-refractivity contribution is -0.122. The van der Waals surface area contributed by atoms with Crippen LogP contribution in [0.3, 0.4) is 0 Å². The van der Waals surface area contributed by atoms with E-state index in [9.17, 15) is 9.59 Å². The summed E-state index contributed by atoms with van der Waals surface area (Å²) in [5.41, 5.74) is 0.656. The van der Waals surface area contributed by atoms with Gasteiger partial charge in [-0.1, -0.05) is 0 Å². The molecule has 0 aliphatic rings. The highest BCUT2D eigenvalue weighted by Crippen LogP contribution is 2.18. The number of thiophene rings is 1. The SMILES string of the molecule is CCN(CC(=O)NC(C)C)C(=O)c1csc(I)c1. The second-order valence-electron chi connectivity index (χ2n) is 4.18. The Hall–Kier alpha value is -0.630. The maximum absolute atomic E-state index is 12.2. The third-order valence-electron chi connectivity index (χ3n) is 2.27. The zero-order valence-corrected chi connectivity index (χ0v) is 13.7. The molecule has 1 aromatic rings. The van der Waals surface area contributed by atoms with Crippen molar-refractivity contribution in [3.63, 3.8) is 0 Å². The summed E-state index contributed by atoms with van der Waals surface area (Å²) in [6.07, 6.45) is 0. The fourth-order valence-electron chi connectivity index (χ4n) is 1.47. The van der Waals surface area contributed by atoms with E-state index in [1.165, 1.54) is 11.3 Å². The lowest BCUT2D eigenvalue weighted by atomic mass is 10.3. The minimum atomic E-state index is -0.120. The maximum Gasteiger partial charge on any atom is 0.255 e. The fraction of sp³-hybridized carbons (Fsp3) is 0.500. The van der Waals surface area contributed by atoms with Crippen molar-refractivity contribution in [2.45, 2.75) is 26.8 Å². The Balaban J connectivity index is 2.66. The van der Waals surface area contributed by atoms with Crippen LogP contribution in [0.4, 0.5) is 0 Å². The quantitative estimate of drug-likeness (QED) is 0.798. The Morgan fingerprint density at radius 2 is 2.17 bits per heavy atom. The molecule has 0 radical (unpaired) electrons. The van der Waals surface area contributed by atoms with Crippen molar-refractivity contribution in [3.8, 4) is 0 Å². The molecule has 0 aliphatic heterocycles. The summed E-state index contributed by atoms with van der Waals surface area (Å²) in [4.78, 5) is 25.4. The van der Waals surface area contributed by atoms with Crippen LogP contribution in [0.15, 0.2) is 11.4 Å². The number of nitrogens with one attached hydrogen (secondary N) is 1. The summed E-state index contributed by atoms with van der Waals surface area (Å²) in [7, 11) is 0. The molecule has 1 aromatic heterocycles. The predicted molar refractivity (Wildman–Crippen MR) is 81.9 cm³/mol.